The summed E-state index contributed by atoms with van der Waals surface area (Å²) in [6.45, 7) is 0.0407. The first-order chi connectivity index (χ1) is 13.1. The highest BCUT2D eigenvalue weighted by molar-refractivity contribution is 5.83. The number of nitriles is 1. The minimum Gasteiger partial charge on any atom is -0.455 e. The van der Waals surface area contributed by atoms with Crippen LogP contribution in [0.1, 0.15) is 50.5 Å². The van der Waals surface area contributed by atoms with Crippen molar-refractivity contribution in [1.29, 1.82) is 5.26 Å². The molecule has 0 aliphatic heterocycles. The van der Waals surface area contributed by atoms with Crippen molar-refractivity contribution >= 4 is 11.9 Å². The molecule has 5 rings (SSSR count). The summed E-state index contributed by atoms with van der Waals surface area (Å²) in [6.07, 6.45) is 6.44. The van der Waals surface area contributed by atoms with E-state index in [-0.39, 0.29) is 30.3 Å². The van der Waals surface area contributed by atoms with Gasteiger partial charge in [0, 0.05) is 6.54 Å². The standard InChI is InChI=1S/C22H26N2O3/c23-7-4-8-24-19(25)14-27-20(26)22-12-16-9-17(13-22)11-21(10-16,15-22)18-5-2-1-3-6-18/h1-3,5-6,16-17H,4,8-15H2,(H,24,25)/t16-,17+,21?,22?. The lowest BCUT2D eigenvalue weighted by atomic mass is 9.43. The van der Waals surface area contributed by atoms with Gasteiger partial charge in [0.05, 0.1) is 17.9 Å². The van der Waals surface area contributed by atoms with Gasteiger partial charge in [-0.3, -0.25) is 9.59 Å². The molecule has 27 heavy (non-hydrogen) atoms. The van der Waals surface area contributed by atoms with E-state index in [1.807, 2.05) is 12.1 Å². The zero-order valence-corrected chi connectivity index (χ0v) is 15.6. The van der Waals surface area contributed by atoms with E-state index < -0.39 is 5.41 Å². The second-order valence-electron chi connectivity index (χ2n) is 8.72. The second-order valence-corrected chi connectivity index (χ2v) is 8.72. The molecule has 0 aromatic heterocycles. The molecule has 5 nitrogen and oxygen atoms in total. The van der Waals surface area contributed by atoms with E-state index in [9.17, 15) is 9.59 Å². The first-order valence-electron chi connectivity index (χ1n) is 9.92. The van der Waals surface area contributed by atoms with Gasteiger partial charge >= 0.3 is 5.97 Å². The molecule has 142 valence electrons. The van der Waals surface area contributed by atoms with Crippen LogP contribution in [-0.2, 0) is 19.7 Å². The number of hydrogen-bond donors (Lipinski definition) is 1. The molecular weight excluding hydrogens is 340 g/mol. The third-order valence-corrected chi connectivity index (χ3v) is 6.77. The molecule has 4 fully saturated rings. The quantitative estimate of drug-likeness (QED) is 0.620. The third kappa shape index (κ3) is 3.34. The Hall–Kier alpha value is -2.35. The fraction of sp³-hybridized carbons (Fsp3) is 0.591. The molecule has 5 heteroatoms. The lowest BCUT2D eigenvalue weighted by molar-refractivity contribution is -0.175. The van der Waals surface area contributed by atoms with Gasteiger partial charge in [0.15, 0.2) is 6.61 Å². The summed E-state index contributed by atoms with van der Waals surface area (Å²) in [4.78, 5) is 24.9. The Kier molecular flexibility index (Phi) is 4.67. The number of ether oxygens (including phenoxy) is 1. The fourth-order valence-corrected chi connectivity index (χ4v) is 6.22. The van der Waals surface area contributed by atoms with Gasteiger partial charge in [-0.25, -0.2) is 0 Å². The van der Waals surface area contributed by atoms with E-state index in [2.05, 4.69) is 29.6 Å². The Balaban J connectivity index is 1.47. The largest absolute Gasteiger partial charge is 0.455 e. The van der Waals surface area contributed by atoms with Crippen molar-refractivity contribution in [3.05, 3.63) is 35.9 Å². The first-order valence-corrected chi connectivity index (χ1v) is 9.92. The van der Waals surface area contributed by atoms with Gasteiger partial charge in [-0.2, -0.15) is 5.26 Å². The average molecular weight is 366 g/mol. The molecule has 2 unspecified atom stereocenters. The van der Waals surface area contributed by atoms with E-state index in [1.165, 1.54) is 12.0 Å². The van der Waals surface area contributed by atoms with E-state index in [0.717, 1.165) is 32.1 Å². The lowest BCUT2D eigenvalue weighted by Gasteiger charge is -2.61. The van der Waals surface area contributed by atoms with Crippen molar-refractivity contribution in [2.45, 2.75) is 50.4 Å². The van der Waals surface area contributed by atoms with Crippen LogP contribution in [0, 0.1) is 28.6 Å². The smallest absolute Gasteiger partial charge is 0.312 e. The maximum Gasteiger partial charge on any atom is 0.312 e. The number of hydrogen-bond acceptors (Lipinski definition) is 4. The Morgan fingerprint density at radius 2 is 1.85 bits per heavy atom. The van der Waals surface area contributed by atoms with E-state index in [1.54, 1.807) is 0 Å². The molecule has 4 atom stereocenters. The van der Waals surface area contributed by atoms with Gasteiger partial charge in [0.2, 0.25) is 0 Å². The molecule has 1 N–H and O–H groups in total. The number of nitrogens with zero attached hydrogens (tertiary/aromatic N) is 1. The zero-order chi connectivity index (χ0) is 18.9. The number of nitrogens with one attached hydrogen (secondary N) is 1. The van der Waals surface area contributed by atoms with E-state index in [0.29, 0.717) is 18.4 Å². The molecule has 1 aromatic carbocycles. The SMILES string of the molecule is N#CCCNC(=O)COC(=O)C12C[C@H]3C[C@@H](C1)CC(c1ccccc1)(C3)C2. The van der Waals surface area contributed by atoms with Gasteiger partial charge in [-0.1, -0.05) is 30.3 Å². The van der Waals surface area contributed by atoms with Gasteiger partial charge in [-0.05, 0) is 61.3 Å². The van der Waals surface area contributed by atoms with Gasteiger partial charge in [0.1, 0.15) is 0 Å². The Morgan fingerprint density at radius 3 is 2.52 bits per heavy atom. The molecule has 4 bridgehead atoms. The van der Waals surface area contributed by atoms with Crippen LogP contribution in [0.5, 0.6) is 0 Å². The average Bonchev–Trinajstić information content (AvgIpc) is 2.66. The number of amides is 1. The molecule has 1 aromatic rings. The highest BCUT2D eigenvalue weighted by atomic mass is 16.5. The van der Waals surface area contributed by atoms with Crippen LogP contribution >= 0.6 is 0 Å². The Labute approximate surface area is 160 Å². The molecule has 4 aliphatic carbocycles. The minimum absolute atomic E-state index is 0.0828. The number of benzene rings is 1. The predicted molar refractivity (Wildman–Crippen MR) is 99.4 cm³/mol. The van der Waals surface area contributed by atoms with Crippen molar-refractivity contribution < 1.29 is 14.3 Å². The summed E-state index contributed by atoms with van der Waals surface area (Å²) in [6, 6.07) is 12.6. The molecule has 0 saturated heterocycles. The second kappa shape index (κ2) is 6.99. The third-order valence-electron chi connectivity index (χ3n) is 6.77. The molecular formula is C22H26N2O3. The van der Waals surface area contributed by atoms with Gasteiger partial charge in [0.25, 0.3) is 5.91 Å². The van der Waals surface area contributed by atoms with Crippen LogP contribution in [0.3, 0.4) is 0 Å². The molecule has 1 amide bonds. The maximum absolute atomic E-state index is 13.1. The summed E-state index contributed by atoms with van der Waals surface area (Å²) in [7, 11) is 0. The lowest BCUT2D eigenvalue weighted by Crippen LogP contribution is -2.57. The normalized spacial score (nSPS) is 33.3. The topological polar surface area (TPSA) is 79.2 Å². The zero-order valence-electron chi connectivity index (χ0n) is 15.6. The molecule has 0 spiro atoms. The molecule has 0 radical (unpaired) electrons. The van der Waals surface area contributed by atoms with E-state index in [4.69, 9.17) is 10.00 Å². The summed E-state index contributed by atoms with van der Waals surface area (Å²) < 4.78 is 5.47. The van der Waals surface area contributed by atoms with Crippen molar-refractivity contribution in [1.82, 2.24) is 5.32 Å². The first kappa shape index (κ1) is 18.0. The van der Waals surface area contributed by atoms with Gasteiger partial charge < -0.3 is 10.1 Å². The van der Waals surface area contributed by atoms with Crippen molar-refractivity contribution in [2.75, 3.05) is 13.2 Å². The molecule has 0 heterocycles. The summed E-state index contributed by atoms with van der Waals surface area (Å²) >= 11 is 0. The van der Waals surface area contributed by atoms with Crippen LogP contribution < -0.4 is 5.32 Å². The monoisotopic (exact) mass is 366 g/mol. The van der Waals surface area contributed by atoms with Crippen molar-refractivity contribution in [2.24, 2.45) is 17.3 Å². The Morgan fingerprint density at radius 1 is 1.15 bits per heavy atom. The highest BCUT2D eigenvalue weighted by Gasteiger charge is 2.61. The predicted octanol–water partition coefficient (Wildman–Crippen LogP) is 3.10. The minimum atomic E-state index is -0.438. The van der Waals surface area contributed by atoms with Gasteiger partial charge in [-0.15, -0.1) is 0 Å². The molecule has 4 aliphatic rings. The van der Waals surface area contributed by atoms with Crippen LogP contribution in [0.25, 0.3) is 0 Å². The van der Waals surface area contributed by atoms with Crippen LogP contribution in [0.4, 0.5) is 0 Å². The van der Waals surface area contributed by atoms with Crippen LogP contribution in [0.2, 0.25) is 0 Å². The summed E-state index contributed by atoms with van der Waals surface area (Å²) in [5.41, 5.74) is 0.997. The Bertz CT molecular complexity index is 754. The van der Waals surface area contributed by atoms with Crippen molar-refractivity contribution in [3.8, 4) is 6.07 Å². The number of carbonyl (C=O) groups excluding carboxylic acids is 2. The summed E-state index contributed by atoms with van der Waals surface area (Å²) in [5, 5.41) is 11.1. The highest BCUT2D eigenvalue weighted by Crippen LogP contribution is 2.66. The number of carbonyl (C=O) groups is 2. The number of esters is 1. The van der Waals surface area contributed by atoms with Crippen molar-refractivity contribution in [3.63, 3.8) is 0 Å². The number of rotatable bonds is 6. The molecule has 4 saturated carbocycles. The van der Waals surface area contributed by atoms with E-state index >= 15 is 0 Å². The summed E-state index contributed by atoms with van der Waals surface area (Å²) in [5.74, 6) is 0.611. The van der Waals surface area contributed by atoms with Crippen LogP contribution in [-0.4, -0.2) is 25.0 Å². The van der Waals surface area contributed by atoms with Crippen LogP contribution in [0.15, 0.2) is 30.3 Å². The fourth-order valence-electron chi connectivity index (χ4n) is 6.22. The maximum atomic E-state index is 13.1.